The van der Waals surface area contributed by atoms with Crippen molar-refractivity contribution in [3.8, 4) is 0 Å². The molecule has 1 amide bonds. The number of amides is 1. The lowest BCUT2D eigenvalue weighted by atomic mass is 9.92. The van der Waals surface area contributed by atoms with Crippen LogP contribution in [0, 0.1) is 10.1 Å². The summed E-state index contributed by atoms with van der Waals surface area (Å²) in [4.78, 5) is 32.8. The fourth-order valence-electron chi connectivity index (χ4n) is 1.99. The maximum Gasteiger partial charge on any atom is 0.280 e. The normalized spacial score (nSPS) is 21.9. The van der Waals surface area contributed by atoms with E-state index in [1.165, 1.54) is 38.2 Å². The van der Waals surface area contributed by atoms with E-state index in [1.807, 2.05) is 0 Å². The van der Waals surface area contributed by atoms with Crippen LogP contribution in [0.3, 0.4) is 0 Å². The second-order valence-electron chi connectivity index (χ2n) is 4.28. The summed E-state index contributed by atoms with van der Waals surface area (Å²) < 4.78 is 0. The Morgan fingerprint density at radius 3 is 2.55 bits per heavy atom. The number of hydrogen-bond acceptors (Lipinski definition) is 5. The smallest absolute Gasteiger partial charge is 0.280 e. The number of rotatable bonds is 3. The minimum Gasteiger partial charge on any atom is -0.291 e. The van der Waals surface area contributed by atoms with Crippen molar-refractivity contribution in [2.24, 2.45) is 5.10 Å². The first-order valence-electron chi connectivity index (χ1n) is 5.61. The van der Waals surface area contributed by atoms with Crippen LogP contribution in [0.15, 0.2) is 29.4 Å². The van der Waals surface area contributed by atoms with E-state index in [1.54, 1.807) is 0 Å². The fraction of sp³-hybridized carbons (Fsp3) is 0.250. The molecule has 1 aromatic rings. The van der Waals surface area contributed by atoms with Crippen molar-refractivity contribution in [2.75, 3.05) is 7.05 Å². The van der Waals surface area contributed by atoms with E-state index >= 15 is 0 Å². The van der Waals surface area contributed by atoms with Crippen LogP contribution in [-0.2, 0) is 4.79 Å². The first-order chi connectivity index (χ1) is 9.30. The lowest BCUT2D eigenvalue weighted by molar-refractivity contribution is -0.385. The number of carbonyl (C=O) groups excluding carboxylic acids is 2. The molecule has 2 rings (SSSR count). The molecule has 20 heavy (non-hydrogen) atoms. The SMILES string of the molecule is CC1=NN(C)C(=O)C1(Cl)C(=O)c1ccccc1[N+](=O)[O-]. The topological polar surface area (TPSA) is 92.9 Å². The first-order valence-corrected chi connectivity index (χ1v) is 5.99. The zero-order chi connectivity index (χ0) is 15.1. The third-order valence-electron chi connectivity index (χ3n) is 3.05. The third kappa shape index (κ3) is 1.87. The predicted octanol–water partition coefficient (Wildman–Crippen LogP) is 1.60. The van der Waals surface area contributed by atoms with Crippen molar-refractivity contribution in [3.63, 3.8) is 0 Å². The summed E-state index contributed by atoms with van der Waals surface area (Å²) >= 11 is 6.13. The van der Waals surface area contributed by atoms with E-state index in [4.69, 9.17) is 11.6 Å². The molecule has 0 saturated carbocycles. The number of Topliss-reactive ketones (excluding diaryl/α,β-unsaturated/α-hetero) is 1. The molecule has 0 bridgehead atoms. The minimum atomic E-state index is -2.01. The Hall–Kier alpha value is -2.28. The number of hydrazone groups is 1. The van der Waals surface area contributed by atoms with E-state index in [2.05, 4.69) is 5.10 Å². The summed E-state index contributed by atoms with van der Waals surface area (Å²) in [6, 6.07) is 5.35. The number of nitro groups is 1. The number of carbonyl (C=O) groups is 2. The quantitative estimate of drug-likeness (QED) is 0.278. The van der Waals surface area contributed by atoms with Crippen molar-refractivity contribution in [2.45, 2.75) is 11.8 Å². The number of halogens is 1. The molecule has 1 aliphatic heterocycles. The predicted molar refractivity (Wildman–Crippen MR) is 71.9 cm³/mol. The summed E-state index contributed by atoms with van der Waals surface area (Å²) in [6.07, 6.45) is 0. The van der Waals surface area contributed by atoms with E-state index in [-0.39, 0.29) is 11.3 Å². The lowest BCUT2D eigenvalue weighted by Gasteiger charge is -2.18. The molecule has 0 aromatic heterocycles. The summed E-state index contributed by atoms with van der Waals surface area (Å²) in [5.74, 6) is -1.57. The molecule has 7 nitrogen and oxygen atoms in total. The molecular formula is C12H10ClN3O4. The van der Waals surface area contributed by atoms with Crippen molar-refractivity contribution in [1.82, 2.24) is 5.01 Å². The number of hydrogen-bond donors (Lipinski definition) is 0. The van der Waals surface area contributed by atoms with Crippen LogP contribution in [0.4, 0.5) is 5.69 Å². The Balaban J connectivity index is 2.56. The Kier molecular flexibility index (Phi) is 3.31. The van der Waals surface area contributed by atoms with Crippen LogP contribution in [0.5, 0.6) is 0 Å². The number of ketones is 1. The molecule has 0 fully saturated rings. The highest BCUT2D eigenvalue weighted by atomic mass is 35.5. The van der Waals surface area contributed by atoms with Crippen molar-refractivity contribution in [3.05, 3.63) is 39.9 Å². The van der Waals surface area contributed by atoms with Gasteiger partial charge in [0, 0.05) is 13.1 Å². The van der Waals surface area contributed by atoms with Gasteiger partial charge in [-0.05, 0) is 13.0 Å². The molecule has 0 radical (unpaired) electrons. The third-order valence-corrected chi connectivity index (χ3v) is 3.65. The molecule has 104 valence electrons. The van der Waals surface area contributed by atoms with Gasteiger partial charge in [0.1, 0.15) is 0 Å². The summed E-state index contributed by atoms with van der Waals surface area (Å²) in [5.41, 5.74) is -0.520. The Bertz CT molecular complexity index is 658. The molecule has 1 heterocycles. The van der Waals surface area contributed by atoms with Gasteiger partial charge in [0.15, 0.2) is 0 Å². The highest BCUT2D eigenvalue weighted by Crippen LogP contribution is 2.33. The maximum absolute atomic E-state index is 12.5. The standard InChI is InChI=1S/C12H10ClN3O4/c1-7-12(13,11(18)15(2)14-7)10(17)8-5-3-4-6-9(8)16(19)20/h3-6H,1-2H3. The van der Waals surface area contributed by atoms with Gasteiger partial charge in [0.25, 0.3) is 11.6 Å². The van der Waals surface area contributed by atoms with Gasteiger partial charge in [0.05, 0.1) is 16.2 Å². The van der Waals surface area contributed by atoms with E-state index in [9.17, 15) is 19.7 Å². The molecule has 1 unspecified atom stereocenters. The van der Waals surface area contributed by atoms with Gasteiger partial charge in [-0.25, -0.2) is 5.01 Å². The van der Waals surface area contributed by atoms with Gasteiger partial charge in [-0.2, -0.15) is 5.10 Å². The van der Waals surface area contributed by atoms with Gasteiger partial charge in [0.2, 0.25) is 10.7 Å². The highest BCUT2D eigenvalue weighted by Gasteiger charge is 2.54. The number of nitro benzene ring substituents is 1. The average Bonchev–Trinajstić information content (AvgIpc) is 2.62. The van der Waals surface area contributed by atoms with E-state index in [0.29, 0.717) is 0 Å². The average molecular weight is 296 g/mol. The van der Waals surface area contributed by atoms with Crippen LogP contribution in [0.2, 0.25) is 0 Å². The van der Waals surface area contributed by atoms with Gasteiger partial charge in [-0.3, -0.25) is 19.7 Å². The molecule has 8 heteroatoms. The van der Waals surface area contributed by atoms with Crippen LogP contribution < -0.4 is 0 Å². The lowest BCUT2D eigenvalue weighted by Crippen LogP contribution is -2.47. The molecule has 1 aromatic carbocycles. The molecule has 1 aliphatic rings. The Labute approximate surface area is 119 Å². The Morgan fingerprint density at radius 1 is 1.45 bits per heavy atom. The zero-order valence-electron chi connectivity index (χ0n) is 10.7. The molecule has 0 saturated heterocycles. The highest BCUT2D eigenvalue weighted by molar-refractivity contribution is 6.61. The van der Waals surface area contributed by atoms with Crippen molar-refractivity contribution >= 4 is 34.7 Å². The summed E-state index contributed by atoms with van der Waals surface area (Å²) in [5, 5.41) is 15.7. The molecule has 0 aliphatic carbocycles. The van der Waals surface area contributed by atoms with Crippen LogP contribution in [0.25, 0.3) is 0 Å². The van der Waals surface area contributed by atoms with Crippen molar-refractivity contribution in [1.29, 1.82) is 0 Å². The fourth-order valence-corrected chi connectivity index (χ4v) is 2.25. The monoisotopic (exact) mass is 295 g/mol. The largest absolute Gasteiger partial charge is 0.291 e. The van der Waals surface area contributed by atoms with Gasteiger partial charge >= 0.3 is 0 Å². The van der Waals surface area contributed by atoms with E-state index < -0.39 is 27.2 Å². The molecule has 1 atom stereocenters. The first kappa shape index (κ1) is 14.1. The van der Waals surface area contributed by atoms with Crippen molar-refractivity contribution < 1.29 is 14.5 Å². The van der Waals surface area contributed by atoms with Gasteiger partial charge in [-0.15, -0.1) is 0 Å². The number of benzene rings is 1. The second kappa shape index (κ2) is 4.68. The van der Waals surface area contributed by atoms with E-state index in [0.717, 1.165) is 5.01 Å². The second-order valence-corrected chi connectivity index (χ2v) is 4.84. The molecule has 0 N–H and O–H groups in total. The molecule has 0 spiro atoms. The Morgan fingerprint density at radius 2 is 2.05 bits per heavy atom. The maximum atomic E-state index is 12.5. The van der Waals surface area contributed by atoms with Gasteiger partial charge in [-0.1, -0.05) is 23.7 Å². The summed E-state index contributed by atoms with van der Waals surface area (Å²) in [7, 11) is 1.36. The number of nitrogens with zero attached hydrogens (tertiary/aromatic N) is 3. The summed E-state index contributed by atoms with van der Waals surface area (Å²) in [6.45, 7) is 1.43. The molecular weight excluding hydrogens is 286 g/mol. The van der Waals surface area contributed by atoms with Crippen LogP contribution >= 0.6 is 11.6 Å². The van der Waals surface area contributed by atoms with Gasteiger partial charge < -0.3 is 0 Å². The zero-order valence-corrected chi connectivity index (χ0v) is 11.4. The number of para-hydroxylation sites is 1. The minimum absolute atomic E-state index is 0.0924. The van der Waals surface area contributed by atoms with Crippen LogP contribution in [0.1, 0.15) is 17.3 Å². The number of alkyl halides is 1. The van der Waals surface area contributed by atoms with Crippen LogP contribution in [-0.4, -0.2) is 39.3 Å².